The van der Waals surface area contributed by atoms with Gasteiger partial charge in [0.1, 0.15) is 11.4 Å². The number of hydrogen-bond donors (Lipinski definition) is 1. The molecule has 1 aliphatic rings. The molecule has 146 valence electrons. The predicted octanol–water partition coefficient (Wildman–Crippen LogP) is 2.28. The molecule has 1 aliphatic heterocycles. The summed E-state index contributed by atoms with van der Waals surface area (Å²) in [6.45, 7) is 5.71. The summed E-state index contributed by atoms with van der Waals surface area (Å²) >= 11 is 1.51. The Hall–Kier alpha value is -2.51. The highest BCUT2D eigenvalue weighted by atomic mass is 32.1. The average molecular weight is 397 g/mol. The van der Waals surface area contributed by atoms with E-state index in [4.69, 9.17) is 5.73 Å². The molecule has 1 fully saturated rings. The summed E-state index contributed by atoms with van der Waals surface area (Å²) in [5.74, 6) is 0.393. The van der Waals surface area contributed by atoms with Gasteiger partial charge in [0.2, 0.25) is 5.91 Å². The third-order valence-electron chi connectivity index (χ3n) is 5.79. The second-order valence-corrected chi connectivity index (χ2v) is 8.66. The zero-order chi connectivity index (χ0) is 19.8. The first-order valence-electron chi connectivity index (χ1n) is 9.47. The van der Waals surface area contributed by atoms with E-state index >= 15 is 0 Å². The van der Waals surface area contributed by atoms with E-state index in [1.54, 1.807) is 0 Å². The van der Waals surface area contributed by atoms with Crippen LogP contribution < -0.4 is 11.3 Å². The highest BCUT2D eigenvalue weighted by Crippen LogP contribution is 2.32. The molecule has 1 saturated heterocycles. The lowest BCUT2D eigenvalue weighted by Gasteiger charge is -2.17. The van der Waals surface area contributed by atoms with Crippen LogP contribution in [0.1, 0.15) is 21.9 Å². The smallest absolute Gasteiger partial charge is 0.262 e. The zero-order valence-electron chi connectivity index (χ0n) is 16.1. The van der Waals surface area contributed by atoms with Crippen LogP contribution in [0.3, 0.4) is 0 Å². The van der Waals surface area contributed by atoms with Crippen molar-refractivity contribution in [2.24, 2.45) is 11.7 Å². The number of benzene rings is 1. The maximum Gasteiger partial charge on any atom is 0.262 e. The van der Waals surface area contributed by atoms with Crippen LogP contribution in [0.25, 0.3) is 10.2 Å². The lowest BCUT2D eigenvalue weighted by Crippen LogP contribution is -2.35. The Labute approximate surface area is 167 Å². The van der Waals surface area contributed by atoms with E-state index in [2.05, 4.69) is 17.1 Å². The standard InChI is InChI=1S/C21H24N4O2S/c1-13-14(2)28-20-19(13)21(27)25(12-23-20)11-18(26)24-9-16(8-22)17(10-24)15-6-4-3-5-7-15/h3-7,12,16-17H,8-11,22H2,1-2H3/t16-,17+/m1/s1. The summed E-state index contributed by atoms with van der Waals surface area (Å²) in [7, 11) is 0. The van der Waals surface area contributed by atoms with E-state index in [1.807, 2.05) is 36.9 Å². The summed E-state index contributed by atoms with van der Waals surface area (Å²) in [4.78, 5) is 33.8. The summed E-state index contributed by atoms with van der Waals surface area (Å²) in [5, 5.41) is 0.626. The number of fused-ring (bicyclic) bond motifs is 1. The Morgan fingerprint density at radius 1 is 1.25 bits per heavy atom. The number of hydrogen-bond acceptors (Lipinski definition) is 5. The third-order valence-corrected chi connectivity index (χ3v) is 6.90. The van der Waals surface area contributed by atoms with Crippen LogP contribution in [0.15, 0.2) is 41.5 Å². The van der Waals surface area contributed by atoms with Gasteiger partial charge < -0.3 is 10.6 Å². The van der Waals surface area contributed by atoms with E-state index in [0.29, 0.717) is 25.0 Å². The number of carbonyl (C=O) groups excluding carboxylic acids is 1. The van der Waals surface area contributed by atoms with Gasteiger partial charge in [-0.05, 0) is 37.4 Å². The van der Waals surface area contributed by atoms with Crippen molar-refractivity contribution < 1.29 is 4.79 Å². The fourth-order valence-electron chi connectivity index (χ4n) is 4.02. The number of aromatic nitrogens is 2. The Kier molecular flexibility index (Phi) is 5.03. The molecule has 0 unspecified atom stereocenters. The summed E-state index contributed by atoms with van der Waals surface area (Å²) < 4.78 is 1.43. The number of amides is 1. The number of nitrogens with two attached hydrogens (primary N) is 1. The van der Waals surface area contributed by atoms with Crippen molar-refractivity contribution >= 4 is 27.5 Å². The monoisotopic (exact) mass is 396 g/mol. The zero-order valence-corrected chi connectivity index (χ0v) is 16.9. The molecule has 3 aromatic rings. The molecule has 1 aromatic carbocycles. The Bertz CT molecular complexity index is 1070. The van der Waals surface area contributed by atoms with Gasteiger partial charge in [-0.3, -0.25) is 14.2 Å². The first-order valence-corrected chi connectivity index (χ1v) is 10.3. The number of aryl methyl sites for hydroxylation is 2. The number of rotatable bonds is 4. The minimum Gasteiger partial charge on any atom is -0.340 e. The molecule has 3 heterocycles. The van der Waals surface area contributed by atoms with Crippen molar-refractivity contribution in [1.82, 2.24) is 14.5 Å². The first kappa shape index (κ1) is 18.8. The fourth-order valence-corrected chi connectivity index (χ4v) is 5.01. The van der Waals surface area contributed by atoms with Crippen LogP contribution in [-0.4, -0.2) is 40.0 Å². The van der Waals surface area contributed by atoms with Crippen molar-refractivity contribution in [2.75, 3.05) is 19.6 Å². The van der Waals surface area contributed by atoms with Crippen LogP contribution in [0.4, 0.5) is 0 Å². The Morgan fingerprint density at radius 2 is 2.00 bits per heavy atom. The largest absolute Gasteiger partial charge is 0.340 e. The fraction of sp³-hybridized carbons (Fsp3) is 0.381. The summed E-state index contributed by atoms with van der Waals surface area (Å²) in [6, 6.07) is 10.2. The number of likely N-dealkylation sites (tertiary alicyclic amines) is 1. The quantitative estimate of drug-likeness (QED) is 0.734. The SMILES string of the molecule is Cc1sc2ncn(CC(=O)N3C[C@@H](CN)[C@H](c4ccccc4)C3)c(=O)c2c1C. The highest BCUT2D eigenvalue weighted by Gasteiger charge is 2.35. The third kappa shape index (κ3) is 3.25. The number of thiophene rings is 1. The van der Waals surface area contributed by atoms with Crippen molar-refractivity contribution in [1.29, 1.82) is 0 Å². The van der Waals surface area contributed by atoms with Crippen molar-refractivity contribution in [3.05, 3.63) is 63.0 Å². The van der Waals surface area contributed by atoms with Crippen molar-refractivity contribution in [3.8, 4) is 0 Å². The van der Waals surface area contributed by atoms with E-state index in [-0.39, 0.29) is 29.8 Å². The van der Waals surface area contributed by atoms with E-state index < -0.39 is 0 Å². The number of carbonyl (C=O) groups is 1. The Balaban J connectivity index is 1.56. The summed E-state index contributed by atoms with van der Waals surface area (Å²) in [6.07, 6.45) is 1.49. The van der Waals surface area contributed by atoms with Crippen LogP contribution >= 0.6 is 11.3 Å². The molecule has 0 bridgehead atoms. The van der Waals surface area contributed by atoms with Gasteiger partial charge in [0.05, 0.1) is 11.7 Å². The minimum atomic E-state index is -0.144. The average Bonchev–Trinajstić information content (AvgIpc) is 3.26. The number of nitrogens with zero attached hydrogens (tertiary/aromatic N) is 3. The van der Waals surface area contributed by atoms with Gasteiger partial charge in [0, 0.05) is 23.9 Å². The molecule has 0 saturated carbocycles. The van der Waals surface area contributed by atoms with Crippen LogP contribution in [0, 0.1) is 19.8 Å². The molecule has 28 heavy (non-hydrogen) atoms. The molecule has 7 heteroatoms. The Morgan fingerprint density at radius 3 is 2.71 bits per heavy atom. The topological polar surface area (TPSA) is 81.2 Å². The molecule has 1 amide bonds. The molecule has 4 rings (SSSR count). The molecule has 0 aliphatic carbocycles. The molecule has 2 aromatic heterocycles. The molecule has 0 spiro atoms. The molecular formula is C21H24N4O2S. The van der Waals surface area contributed by atoms with E-state index in [9.17, 15) is 9.59 Å². The van der Waals surface area contributed by atoms with Crippen molar-refractivity contribution in [2.45, 2.75) is 26.3 Å². The van der Waals surface area contributed by atoms with Gasteiger partial charge >= 0.3 is 0 Å². The van der Waals surface area contributed by atoms with Gasteiger partial charge in [-0.2, -0.15) is 0 Å². The molecule has 0 radical (unpaired) electrons. The first-order chi connectivity index (χ1) is 13.5. The van der Waals surface area contributed by atoms with Crippen LogP contribution in [0.2, 0.25) is 0 Å². The second-order valence-electron chi connectivity index (χ2n) is 7.45. The predicted molar refractivity (Wildman–Crippen MR) is 112 cm³/mol. The molecule has 2 N–H and O–H groups in total. The lowest BCUT2D eigenvalue weighted by atomic mass is 9.89. The van der Waals surface area contributed by atoms with Gasteiger partial charge in [-0.25, -0.2) is 4.98 Å². The second kappa shape index (κ2) is 7.48. The van der Waals surface area contributed by atoms with Crippen molar-refractivity contribution in [3.63, 3.8) is 0 Å². The molecule has 2 atom stereocenters. The van der Waals surface area contributed by atoms with Gasteiger partial charge in [0.15, 0.2) is 0 Å². The highest BCUT2D eigenvalue weighted by molar-refractivity contribution is 7.18. The van der Waals surface area contributed by atoms with Gasteiger partial charge in [-0.15, -0.1) is 11.3 Å². The van der Waals surface area contributed by atoms with Crippen LogP contribution in [0.5, 0.6) is 0 Å². The van der Waals surface area contributed by atoms with E-state index in [0.717, 1.165) is 15.3 Å². The molecular weight excluding hydrogens is 372 g/mol. The van der Waals surface area contributed by atoms with E-state index in [1.165, 1.54) is 27.8 Å². The van der Waals surface area contributed by atoms with Crippen LogP contribution in [-0.2, 0) is 11.3 Å². The van der Waals surface area contributed by atoms with Gasteiger partial charge in [0.25, 0.3) is 5.56 Å². The maximum absolute atomic E-state index is 12.9. The normalized spacial score (nSPS) is 19.5. The molecule has 6 nitrogen and oxygen atoms in total. The maximum atomic E-state index is 12.9. The lowest BCUT2D eigenvalue weighted by molar-refractivity contribution is -0.131. The minimum absolute atomic E-state index is 0.00884. The van der Waals surface area contributed by atoms with Gasteiger partial charge in [-0.1, -0.05) is 30.3 Å². The summed E-state index contributed by atoms with van der Waals surface area (Å²) in [5.41, 5.74) is 7.99.